The summed E-state index contributed by atoms with van der Waals surface area (Å²) in [7, 11) is 0. The van der Waals surface area contributed by atoms with Crippen LogP contribution in [0.5, 0.6) is 0 Å². The summed E-state index contributed by atoms with van der Waals surface area (Å²) in [4.78, 5) is 15.4. The van der Waals surface area contributed by atoms with Crippen molar-refractivity contribution in [2.24, 2.45) is 5.92 Å². The van der Waals surface area contributed by atoms with Crippen LogP contribution < -0.4 is 5.56 Å². The lowest BCUT2D eigenvalue weighted by Gasteiger charge is -2.42. The fourth-order valence-electron chi connectivity index (χ4n) is 4.61. The molecule has 6 heteroatoms. The molecule has 3 aromatic rings. The Morgan fingerprint density at radius 2 is 1.96 bits per heavy atom. The molecule has 2 atom stereocenters. The number of aliphatic hydroxyl groups is 1. The zero-order valence-corrected chi connectivity index (χ0v) is 15.0. The van der Waals surface area contributed by atoms with Crippen LogP contribution in [0.2, 0.25) is 0 Å². The number of rotatable bonds is 4. The van der Waals surface area contributed by atoms with E-state index in [1.807, 2.05) is 34.9 Å². The minimum Gasteiger partial charge on any atom is -0.464 e. The lowest BCUT2D eigenvalue weighted by Crippen LogP contribution is -2.46. The number of piperidine rings is 1. The van der Waals surface area contributed by atoms with E-state index in [-0.39, 0.29) is 12.2 Å². The van der Waals surface area contributed by atoms with Gasteiger partial charge in [0.25, 0.3) is 5.56 Å². The highest BCUT2D eigenvalue weighted by atomic mass is 16.4. The van der Waals surface area contributed by atoms with Gasteiger partial charge in [-0.1, -0.05) is 0 Å². The highest BCUT2D eigenvalue weighted by molar-refractivity contribution is 5.56. The predicted octanol–water partition coefficient (Wildman–Crippen LogP) is 2.81. The van der Waals surface area contributed by atoms with Crippen LogP contribution in [0.15, 0.2) is 56.3 Å². The van der Waals surface area contributed by atoms with Gasteiger partial charge in [0.05, 0.1) is 18.4 Å². The Kier molecular flexibility index (Phi) is 4.02. The van der Waals surface area contributed by atoms with Crippen molar-refractivity contribution >= 4 is 0 Å². The normalized spacial score (nSPS) is 22.0. The molecule has 5 heterocycles. The van der Waals surface area contributed by atoms with Crippen molar-refractivity contribution in [3.63, 3.8) is 0 Å². The molecule has 1 saturated heterocycles. The maximum absolute atomic E-state index is 13.0. The van der Waals surface area contributed by atoms with Gasteiger partial charge in [-0.25, -0.2) is 0 Å². The van der Waals surface area contributed by atoms with Gasteiger partial charge in [-0.05, 0) is 48.7 Å². The smallest absolute Gasteiger partial charge is 0.261 e. The van der Waals surface area contributed by atoms with E-state index in [1.54, 1.807) is 6.26 Å². The molecule has 1 N–H and O–H groups in total. The highest BCUT2D eigenvalue weighted by Crippen LogP contribution is 2.36. The molecule has 2 aliphatic rings. The Bertz CT molecular complexity index is 1000. The third-order valence-corrected chi connectivity index (χ3v) is 5.72. The van der Waals surface area contributed by atoms with Gasteiger partial charge in [0, 0.05) is 31.2 Å². The van der Waals surface area contributed by atoms with Crippen LogP contribution in [0.1, 0.15) is 29.6 Å². The monoisotopic (exact) mass is 366 g/mol. The van der Waals surface area contributed by atoms with Crippen LogP contribution in [0.25, 0.3) is 11.3 Å². The molecule has 0 aliphatic carbocycles. The van der Waals surface area contributed by atoms with E-state index in [0.29, 0.717) is 28.9 Å². The van der Waals surface area contributed by atoms with Crippen LogP contribution in [0.4, 0.5) is 0 Å². The lowest BCUT2D eigenvalue weighted by atomic mass is 9.83. The lowest BCUT2D eigenvalue weighted by molar-refractivity contribution is 0.106. The third kappa shape index (κ3) is 2.95. The van der Waals surface area contributed by atoms with Crippen LogP contribution in [0.3, 0.4) is 0 Å². The van der Waals surface area contributed by atoms with Crippen LogP contribution in [-0.2, 0) is 19.7 Å². The quantitative estimate of drug-likeness (QED) is 0.769. The zero-order valence-electron chi connectivity index (χ0n) is 15.0. The molecule has 2 bridgehead atoms. The minimum absolute atomic E-state index is 0.0456. The molecule has 0 aromatic carbocycles. The zero-order chi connectivity index (χ0) is 18.4. The average molecular weight is 366 g/mol. The van der Waals surface area contributed by atoms with Crippen molar-refractivity contribution in [1.29, 1.82) is 0 Å². The second-order valence-electron chi connectivity index (χ2n) is 7.58. The second-order valence-corrected chi connectivity index (χ2v) is 7.58. The molecule has 0 amide bonds. The van der Waals surface area contributed by atoms with Gasteiger partial charge >= 0.3 is 0 Å². The maximum Gasteiger partial charge on any atom is 0.261 e. The van der Waals surface area contributed by atoms with Gasteiger partial charge in [0.15, 0.2) is 0 Å². The standard InChI is InChI=1S/C21H22N2O4/c24-13-17-4-3-16(27-17)12-22-9-14-8-15(11-22)19-6-5-18(20-2-1-7-26-20)21(25)23(19)10-14/h1-7,14-15,24H,8-13H2. The summed E-state index contributed by atoms with van der Waals surface area (Å²) in [6.45, 7) is 3.27. The number of hydrogen-bond acceptors (Lipinski definition) is 5. The molecule has 2 aliphatic heterocycles. The summed E-state index contributed by atoms with van der Waals surface area (Å²) >= 11 is 0. The van der Waals surface area contributed by atoms with E-state index in [4.69, 9.17) is 13.9 Å². The van der Waals surface area contributed by atoms with Gasteiger partial charge < -0.3 is 18.5 Å². The van der Waals surface area contributed by atoms with Crippen molar-refractivity contribution < 1.29 is 13.9 Å². The molecular weight excluding hydrogens is 344 g/mol. The summed E-state index contributed by atoms with van der Waals surface area (Å²) in [6.07, 6.45) is 2.72. The predicted molar refractivity (Wildman–Crippen MR) is 99.2 cm³/mol. The first kappa shape index (κ1) is 16.6. The van der Waals surface area contributed by atoms with Crippen molar-refractivity contribution in [3.8, 4) is 11.3 Å². The van der Waals surface area contributed by atoms with Crippen LogP contribution in [0, 0.1) is 5.92 Å². The summed E-state index contributed by atoms with van der Waals surface area (Å²) < 4.78 is 13.0. The summed E-state index contributed by atoms with van der Waals surface area (Å²) in [5.74, 6) is 2.91. The number of pyridine rings is 1. The fourth-order valence-corrected chi connectivity index (χ4v) is 4.61. The fraction of sp³-hybridized carbons (Fsp3) is 0.381. The van der Waals surface area contributed by atoms with E-state index in [0.717, 1.165) is 44.1 Å². The molecule has 3 aromatic heterocycles. The van der Waals surface area contributed by atoms with Gasteiger partial charge in [-0.15, -0.1) is 0 Å². The van der Waals surface area contributed by atoms with E-state index in [1.165, 1.54) is 0 Å². The van der Waals surface area contributed by atoms with E-state index < -0.39 is 0 Å². The molecule has 2 unspecified atom stereocenters. The first-order valence-corrected chi connectivity index (χ1v) is 9.39. The number of hydrogen-bond donors (Lipinski definition) is 1. The summed E-state index contributed by atoms with van der Waals surface area (Å²) in [5.41, 5.74) is 1.80. The maximum atomic E-state index is 13.0. The first-order valence-electron chi connectivity index (χ1n) is 9.39. The number of furan rings is 2. The van der Waals surface area contributed by atoms with Crippen molar-refractivity contribution in [2.45, 2.75) is 32.0 Å². The van der Waals surface area contributed by atoms with Crippen molar-refractivity contribution in [1.82, 2.24) is 9.47 Å². The van der Waals surface area contributed by atoms with Crippen LogP contribution in [-0.4, -0.2) is 27.7 Å². The summed E-state index contributed by atoms with van der Waals surface area (Å²) in [6, 6.07) is 11.4. The van der Waals surface area contributed by atoms with E-state index in [9.17, 15) is 4.79 Å². The van der Waals surface area contributed by atoms with Crippen molar-refractivity contribution in [2.75, 3.05) is 13.1 Å². The first-order chi connectivity index (χ1) is 13.2. The number of aliphatic hydroxyl groups excluding tert-OH is 1. The number of aromatic nitrogens is 1. The van der Waals surface area contributed by atoms with Crippen molar-refractivity contribution in [3.05, 3.63) is 70.2 Å². The molecular formula is C21H22N2O4. The minimum atomic E-state index is -0.0699. The van der Waals surface area contributed by atoms with E-state index >= 15 is 0 Å². The Balaban J connectivity index is 1.41. The second kappa shape index (κ2) is 6.55. The number of fused-ring (bicyclic) bond motifs is 4. The topological polar surface area (TPSA) is 71.8 Å². The largest absolute Gasteiger partial charge is 0.464 e. The van der Waals surface area contributed by atoms with Gasteiger partial charge in [0.2, 0.25) is 0 Å². The Morgan fingerprint density at radius 3 is 2.74 bits per heavy atom. The Labute approximate surface area is 156 Å². The van der Waals surface area contributed by atoms with E-state index in [2.05, 4.69) is 11.0 Å². The third-order valence-electron chi connectivity index (χ3n) is 5.72. The molecule has 0 radical (unpaired) electrons. The number of likely N-dealkylation sites (tertiary alicyclic amines) is 1. The molecule has 140 valence electrons. The van der Waals surface area contributed by atoms with Gasteiger partial charge in [0.1, 0.15) is 23.9 Å². The molecule has 0 saturated carbocycles. The summed E-state index contributed by atoms with van der Waals surface area (Å²) in [5, 5.41) is 9.17. The Hall–Kier alpha value is -2.57. The van der Waals surface area contributed by atoms with Gasteiger partial charge in [-0.2, -0.15) is 0 Å². The molecule has 5 rings (SSSR count). The molecule has 6 nitrogen and oxygen atoms in total. The number of nitrogens with zero attached hydrogens (tertiary/aromatic N) is 2. The molecule has 1 fully saturated rings. The van der Waals surface area contributed by atoms with Crippen LogP contribution >= 0.6 is 0 Å². The SMILES string of the molecule is O=c1c(-c2ccco2)ccc2n1CC1CC2CN(Cc2ccc(CO)o2)C1. The van der Waals surface area contributed by atoms with Gasteiger partial charge in [-0.3, -0.25) is 9.69 Å². The highest BCUT2D eigenvalue weighted by Gasteiger charge is 2.35. The Morgan fingerprint density at radius 1 is 1.07 bits per heavy atom. The molecule has 27 heavy (non-hydrogen) atoms. The average Bonchev–Trinajstić information content (AvgIpc) is 3.34. The molecule has 0 spiro atoms.